The van der Waals surface area contributed by atoms with Crippen LogP contribution in [-0.2, 0) is 4.74 Å². The second kappa shape index (κ2) is 5.40. The Balaban J connectivity index is 1.96. The molecule has 1 aliphatic carbocycles. The van der Waals surface area contributed by atoms with E-state index >= 15 is 0 Å². The van der Waals surface area contributed by atoms with Crippen molar-refractivity contribution in [3.05, 3.63) is 29.8 Å². The van der Waals surface area contributed by atoms with Crippen LogP contribution in [0.15, 0.2) is 24.3 Å². The Morgan fingerprint density at radius 3 is 2.78 bits per heavy atom. The van der Waals surface area contributed by atoms with Crippen LogP contribution in [-0.4, -0.2) is 31.3 Å². The molecule has 4 heteroatoms. The van der Waals surface area contributed by atoms with Gasteiger partial charge in [0.25, 0.3) is 0 Å². The van der Waals surface area contributed by atoms with Crippen LogP contribution in [0.5, 0.6) is 0 Å². The standard InChI is InChI=1S/C14H19NO3/c1-18-9-8-14(6-7-14)10-15-12-5-3-2-4-11(12)13(16)17/h2-5,15H,6-10H2,1H3,(H,16,17). The highest BCUT2D eigenvalue weighted by Gasteiger charge is 2.41. The van der Waals surface area contributed by atoms with E-state index in [0.717, 1.165) is 19.6 Å². The minimum Gasteiger partial charge on any atom is -0.478 e. The first-order valence-corrected chi connectivity index (χ1v) is 6.22. The van der Waals surface area contributed by atoms with Gasteiger partial charge in [-0.2, -0.15) is 0 Å². The van der Waals surface area contributed by atoms with E-state index in [9.17, 15) is 4.79 Å². The second-order valence-corrected chi connectivity index (χ2v) is 4.95. The molecule has 0 unspecified atom stereocenters. The van der Waals surface area contributed by atoms with Gasteiger partial charge in [0, 0.05) is 25.9 Å². The molecule has 98 valence electrons. The summed E-state index contributed by atoms with van der Waals surface area (Å²) in [6, 6.07) is 7.03. The summed E-state index contributed by atoms with van der Waals surface area (Å²) in [5, 5.41) is 12.4. The average molecular weight is 249 g/mol. The molecule has 1 saturated carbocycles. The largest absolute Gasteiger partial charge is 0.478 e. The zero-order valence-corrected chi connectivity index (χ0v) is 10.6. The van der Waals surface area contributed by atoms with E-state index in [2.05, 4.69) is 5.32 Å². The van der Waals surface area contributed by atoms with Gasteiger partial charge in [0.05, 0.1) is 5.56 Å². The number of anilines is 1. The molecule has 1 aromatic carbocycles. The molecular weight excluding hydrogens is 230 g/mol. The number of hydrogen-bond acceptors (Lipinski definition) is 3. The second-order valence-electron chi connectivity index (χ2n) is 4.95. The Morgan fingerprint density at radius 1 is 1.44 bits per heavy atom. The Hall–Kier alpha value is -1.55. The number of rotatable bonds is 7. The summed E-state index contributed by atoms with van der Waals surface area (Å²) in [7, 11) is 1.71. The molecule has 0 radical (unpaired) electrons. The third kappa shape index (κ3) is 3.01. The maximum Gasteiger partial charge on any atom is 0.337 e. The lowest BCUT2D eigenvalue weighted by Crippen LogP contribution is -2.18. The van der Waals surface area contributed by atoms with Gasteiger partial charge in [0.15, 0.2) is 0 Å². The van der Waals surface area contributed by atoms with Crippen molar-refractivity contribution in [1.82, 2.24) is 0 Å². The molecule has 1 aliphatic rings. The average Bonchev–Trinajstić information content (AvgIpc) is 3.15. The van der Waals surface area contributed by atoms with Gasteiger partial charge in [-0.3, -0.25) is 0 Å². The molecule has 0 spiro atoms. The first-order valence-electron chi connectivity index (χ1n) is 6.22. The summed E-state index contributed by atoms with van der Waals surface area (Å²) in [5.41, 5.74) is 1.34. The fourth-order valence-electron chi connectivity index (χ4n) is 2.12. The summed E-state index contributed by atoms with van der Waals surface area (Å²) < 4.78 is 5.11. The Kier molecular flexibility index (Phi) is 3.87. The first kappa shape index (κ1) is 12.9. The van der Waals surface area contributed by atoms with Crippen LogP contribution in [0.2, 0.25) is 0 Å². The Bertz CT molecular complexity index is 427. The first-order chi connectivity index (χ1) is 8.67. The molecule has 0 saturated heterocycles. The lowest BCUT2D eigenvalue weighted by atomic mass is 10.0. The van der Waals surface area contributed by atoms with E-state index in [1.807, 2.05) is 12.1 Å². The number of hydrogen-bond donors (Lipinski definition) is 2. The van der Waals surface area contributed by atoms with Crippen LogP contribution in [0.3, 0.4) is 0 Å². The van der Waals surface area contributed by atoms with Crippen LogP contribution >= 0.6 is 0 Å². The van der Waals surface area contributed by atoms with Gasteiger partial charge < -0.3 is 15.2 Å². The number of aromatic carboxylic acids is 1. The molecule has 0 aliphatic heterocycles. The number of nitrogens with one attached hydrogen (secondary N) is 1. The van der Waals surface area contributed by atoms with Gasteiger partial charge in [-0.1, -0.05) is 12.1 Å². The fourth-order valence-corrected chi connectivity index (χ4v) is 2.12. The molecule has 4 nitrogen and oxygen atoms in total. The van der Waals surface area contributed by atoms with Crippen molar-refractivity contribution in [2.75, 3.05) is 25.6 Å². The molecule has 0 atom stereocenters. The molecule has 1 aromatic rings. The van der Waals surface area contributed by atoms with Crippen molar-refractivity contribution in [1.29, 1.82) is 0 Å². The van der Waals surface area contributed by atoms with E-state index < -0.39 is 5.97 Å². The highest BCUT2D eigenvalue weighted by molar-refractivity contribution is 5.94. The normalized spacial score (nSPS) is 16.3. The minimum atomic E-state index is -0.889. The third-order valence-corrected chi connectivity index (χ3v) is 3.60. The number of para-hydroxylation sites is 1. The lowest BCUT2D eigenvalue weighted by Gasteiger charge is -2.17. The van der Waals surface area contributed by atoms with Crippen LogP contribution in [0.25, 0.3) is 0 Å². The lowest BCUT2D eigenvalue weighted by molar-refractivity contribution is 0.0698. The van der Waals surface area contributed by atoms with Crippen molar-refractivity contribution in [3.8, 4) is 0 Å². The summed E-state index contributed by atoms with van der Waals surface area (Å²) >= 11 is 0. The van der Waals surface area contributed by atoms with E-state index in [0.29, 0.717) is 16.7 Å². The molecule has 2 N–H and O–H groups in total. The summed E-state index contributed by atoms with van der Waals surface area (Å²) in [5.74, 6) is -0.889. The summed E-state index contributed by atoms with van der Waals surface area (Å²) in [4.78, 5) is 11.1. The van der Waals surface area contributed by atoms with Crippen LogP contribution in [0.4, 0.5) is 5.69 Å². The zero-order valence-electron chi connectivity index (χ0n) is 10.6. The predicted molar refractivity (Wildman–Crippen MR) is 70.1 cm³/mol. The number of carbonyl (C=O) groups is 1. The summed E-state index contributed by atoms with van der Waals surface area (Å²) in [6.07, 6.45) is 3.42. The number of carboxylic acid groups (broad SMARTS) is 1. The van der Waals surface area contributed by atoms with Crippen molar-refractivity contribution >= 4 is 11.7 Å². The van der Waals surface area contributed by atoms with E-state index in [1.54, 1.807) is 19.2 Å². The third-order valence-electron chi connectivity index (χ3n) is 3.60. The zero-order chi connectivity index (χ0) is 13.0. The molecule has 1 fully saturated rings. The Labute approximate surface area is 107 Å². The highest BCUT2D eigenvalue weighted by Crippen LogP contribution is 2.48. The predicted octanol–water partition coefficient (Wildman–Crippen LogP) is 2.61. The van der Waals surface area contributed by atoms with Gasteiger partial charge in [-0.25, -0.2) is 4.79 Å². The summed E-state index contributed by atoms with van der Waals surface area (Å²) in [6.45, 7) is 1.59. The molecular formula is C14H19NO3. The molecule has 18 heavy (non-hydrogen) atoms. The van der Waals surface area contributed by atoms with Gasteiger partial charge in [-0.05, 0) is 36.8 Å². The van der Waals surface area contributed by atoms with Crippen LogP contribution in [0.1, 0.15) is 29.6 Å². The van der Waals surface area contributed by atoms with Crippen molar-refractivity contribution < 1.29 is 14.6 Å². The monoisotopic (exact) mass is 249 g/mol. The topological polar surface area (TPSA) is 58.6 Å². The number of ether oxygens (including phenoxy) is 1. The van der Waals surface area contributed by atoms with Gasteiger partial charge >= 0.3 is 5.97 Å². The maximum atomic E-state index is 11.1. The molecule has 0 aromatic heterocycles. The van der Waals surface area contributed by atoms with Gasteiger partial charge in [0.2, 0.25) is 0 Å². The molecule has 2 rings (SSSR count). The van der Waals surface area contributed by atoms with E-state index in [1.165, 1.54) is 12.8 Å². The number of benzene rings is 1. The molecule has 0 bridgehead atoms. The highest BCUT2D eigenvalue weighted by atomic mass is 16.5. The fraction of sp³-hybridized carbons (Fsp3) is 0.500. The SMILES string of the molecule is COCCC1(CNc2ccccc2C(=O)O)CC1. The Morgan fingerprint density at radius 2 is 2.17 bits per heavy atom. The van der Waals surface area contributed by atoms with Crippen molar-refractivity contribution in [2.45, 2.75) is 19.3 Å². The number of carboxylic acids is 1. The van der Waals surface area contributed by atoms with E-state index in [4.69, 9.17) is 9.84 Å². The van der Waals surface area contributed by atoms with Crippen molar-refractivity contribution in [2.24, 2.45) is 5.41 Å². The number of methoxy groups -OCH3 is 1. The van der Waals surface area contributed by atoms with E-state index in [-0.39, 0.29) is 0 Å². The minimum absolute atomic E-state index is 0.307. The van der Waals surface area contributed by atoms with Crippen LogP contribution in [0, 0.1) is 5.41 Å². The quantitative estimate of drug-likeness (QED) is 0.780. The van der Waals surface area contributed by atoms with Gasteiger partial charge in [-0.15, -0.1) is 0 Å². The smallest absolute Gasteiger partial charge is 0.337 e. The van der Waals surface area contributed by atoms with Gasteiger partial charge in [0.1, 0.15) is 0 Å². The molecule has 0 heterocycles. The van der Waals surface area contributed by atoms with Crippen molar-refractivity contribution in [3.63, 3.8) is 0 Å². The molecule has 0 amide bonds. The van der Waals surface area contributed by atoms with Crippen LogP contribution < -0.4 is 5.32 Å². The maximum absolute atomic E-state index is 11.1.